The molecule has 1 fully saturated rings. The molecule has 0 saturated carbocycles. The van der Waals surface area contributed by atoms with Crippen LogP contribution in [0, 0.1) is 0 Å². The molecule has 0 spiro atoms. The van der Waals surface area contributed by atoms with Crippen LogP contribution in [0.3, 0.4) is 0 Å². The summed E-state index contributed by atoms with van der Waals surface area (Å²) >= 11 is 5.03. The van der Waals surface area contributed by atoms with Crippen LogP contribution in [0.2, 0.25) is 0 Å². The van der Waals surface area contributed by atoms with Gasteiger partial charge < -0.3 is 4.57 Å². The van der Waals surface area contributed by atoms with E-state index >= 15 is 0 Å². The van der Waals surface area contributed by atoms with E-state index in [0.29, 0.717) is 16.8 Å². The van der Waals surface area contributed by atoms with Crippen LogP contribution in [0.15, 0.2) is 60.8 Å². The summed E-state index contributed by atoms with van der Waals surface area (Å²) in [4.78, 5) is 38.7. The number of carbonyl (C=O) groups is 3. The van der Waals surface area contributed by atoms with Crippen LogP contribution in [0.4, 0.5) is 0 Å². The molecule has 1 aromatic heterocycles. The number of hydrogen-bond acceptors (Lipinski definition) is 4. The molecule has 0 radical (unpaired) electrons. The van der Waals surface area contributed by atoms with Gasteiger partial charge in [-0.15, -0.1) is 6.58 Å². The lowest BCUT2D eigenvalue weighted by Gasteiger charge is -2.27. The summed E-state index contributed by atoms with van der Waals surface area (Å²) < 4.78 is 1.69. The van der Waals surface area contributed by atoms with Crippen LogP contribution < -0.4 is 5.32 Å². The Morgan fingerprint density at radius 1 is 1.22 bits per heavy atom. The summed E-state index contributed by atoms with van der Waals surface area (Å²) in [6.07, 6.45) is 4.65. The van der Waals surface area contributed by atoms with Crippen molar-refractivity contribution in [3.05, 3.63) is 77.6 Å². The molecule has 1 N–H and O–H groups in total. The minimum absolute atomic E-state index is 0.0499. The highest BCUT2D eigenvalue weighted by atomic mass is 32.1. The maximum Gasteiger partial charge on any atom is 0.266 e. The summed E-state index contributed by atoms with van der Waals surface area (Å²) in [5.74, 6) is -1.20. The van der Waals surface area contributed by atoms with Crippen molar-refractivity contribution in [2.45, 2.75) is 0 Å². The Morgan fingerprint density at radius 2 is 1.93 bits per heavy atom. The van der Waals surface area contributed by atoms with Gasteiger partial charge in [-0.25, -0.2) is 0 Å². The molecule has 2 aromatic rings. The molecule has 27 heavy (non-hydrogen) atoms. The molecule has 0 aliphatic carbocycles. The Hall–Kier alpha value is -3.32. The van der Waals surface area contributed by atoms with Crippen LogP contribution >= 0.6 is 12.2 Å². The first-order valence-corrected chi connectivity index (χ1v) is 8.59. The minimum Gasteiger partial charge on any atom is -0.350 e. The van der Waals surface area contributed by atoms with Gasteiger partial charge in [0.1, 0.15) is 5.57 Å². The van der Waals surface area contributed by atoms with Crippen LogP contribution in [0.1, 0.15) is 21.6 Å². The lowest BCUT2D eigenvalue weighted by molar-refractivity contribution is -0.128. The molecular formula is C20H17N3O3S. The average molecular weight is 379 g/mol. The fraction of sp³-hybridized carbons (Fsp3) is 0.100. The molecule has 0 unspecified atom stereocenters. The van der Waals surface area contributed by atoms with E-state index in [-0.39, 0.29) is 23.0 Å². The first-order chi connectivity index (χ1) is 12.9. The maximum absolute atomic E-state index is 12.6. The highest BCUT2D eigenvalue weighted by molar-refractivity contribution is 7.80. The number of ketones is 1. The fourth-order valence-electron chi connectivity index (χ4n) is 2.74. The molecule has 1 aliphatic heterocycles. The van der Waals surface area contributed by atoms with Gasteiger partial charge in [0.2, 0.25) is 0 Å². The zero-order chi connectivity index (χ0) is 19.6. The summed E-state index contributed by atoms with van der Waals surface area (Å²) in [6.45, 7) is 3.78. The number of nitrogens with zero attached hydrogens (tertiary/aromatic N) is 2. The van der Waals surface area contributed by atoms with Crippen molar-refractivity contribution < 1.29 is 14.4 Å². The van der Waals surface area contributed by atoms with E-state index in [1.165, 1.54) is 17.1 Å². The normalized spacial score (nSPS) is 15.8. The number of benzene rings is 1. The number of carbonyl (C=O) groups excluding carboxylic acids is 3. The topological polar surface area (TPSA) is 71.4 Å². The van der Waals surface area contributed by atoms with E-state index in [2.05, 4.69) is 11.9 Å². The quantitative estimate of drug-likeness (QED) is 0.284. The largest absolute Gasteiger partial charge is 0.350 e. The zero-order valence-corrected chi connectivity index (χ0v) is 15.5. The third-order valence-electron chi connectivity index (χ3n) is 4.13. The van der Waals surface area contributed by atoms with E-state index in [9.17, 15) is 14.4 Å². The summed E-state index contributed by atoms with van der Waals surface area (Å²) in [7, 11) is 1.74. The second-order valence-electron chi connectivity index (χ2n) is 5.98. The van der Waals surface area contributed by atoms with E-state index in [1.54, 1.807) is 48.1 Å². The van der Waals surface area contributed by atoms with Gasteiger partial charge in [0.15, 0.2) is 10.9 Å². The highest BCUT2D eigenvalue weighted by Gasteiger charge is 2.32. The van der Waals surface area contributed by atoms with Crippen LogP contribution in [0.25, 0.3) is 6.08 Å². The standard InChI is InChI=1S/C20H17N3O3S/c1-3-9-23-19(26)16(18(25)21-20(23)27)11-15-10-14(12-22(15)2)17(24)13-7-5-4-6-8-13/h3-8,10-12H,1,9H2,2H3,(H,21,25,27). The summed E-state index contributed by atoms with van der Waals surface area (Å²) in [5, 5.41) is 2.55. The SMILES string of the molecule is C=CCN1C(=O)C(=Cc2cc(C(=O)c3ccccc3)cn2C)C(=O)NC1=S. The lowest BCUT2D eigenvalue weighted by Crippen LogP contribution is -2.53. The van der Waals surface area contributed by atoms with Crippen molar-refractivity contribution in [3.63, 3.8) is 0 Å². The molecule has 1 saturated heterocycles. The number of aryl methyl sites for hydroxylation is 1. The van der Waals surface area contributed by atoms with Crippen molar-refractivity contribution in [1.29, 1.82) is 0 Å². The van der Waals surface area contributed by atoms with Crippen molar-refractivity contribution >= 4 is 41.0 Å². The van der Waals surface area contributed by atoms with Gasteiger partial charge in [-0.05, 0) is 24.4 Å². The van der Waals surface area contributed by atoms with Crippen molar-refractivity contribution in [3.8, 4) is 0 Å². The molecule has 136 valence electrons. The number of aromatic nitrogens is 1. The predicted octanol–water partition coefficient (Wildman–Crippen LogP) is 2.07. The Bertz CT molecular complexity index is 989. The van der Waals surface area contributed by atoms with E-state index in [1.807, 2.05) is 6.07 Å². The van der Waals surface area contributed by atoms with Crippen molar-refractivity contribution in [2.24, 2.45) is 7.05 Å². The Morgan fingerprint density at radius 3 is 2.59 bits per heavy atom. The average Bonchev–Trinajstić information content (AvgIpc) is 3.02. The van der Waals surface area contributed by atoms with E-state index in [0.717, 1.165) is 0 Å². The lowest BCUT2D eigenvalue weighted by atomic mass is 10.1. The third-order valence-corrected chi connectivity index (χ3v) is 4.45. The Balaban J connectivity index is 1.95. The molecule has 6 nitrogen and oxygen atoms in total. The van der Waals surface area contributed by atoms with Gasteiger partial charge in [-0.1, -0.05) is 36.4 Å². The number of rotatable bonds is 5. The number of thiocarbonyl (C=S) groups is 1. The number of amides is 2. The van der Waals surface area contributed by atoms with Gasteiger partial charge in [0.05, 0.1) is 0 Å². The van der Waals surface area contributed by atoms with Gasteiger partial charge >= 0.3 is 0 Å². The smallest absolute Gasteiger partial charge is 0.266 e. The fourth-order valence-corrected chi connectivity index (χ4v) is 2.99. The molecule has 2 heterocycles. The Kier molecular flexibility index (Phi) is 5.14. The van der Waals surface area contributed by atoms with Gasteiger partial charge in [0, 0.05) is 36.6 Å². The third kappa shape index (κ3) is 3.63. The molecule has 1 aromatic carbocycles. The maximum atomic E-state index is 12.6. The molecule has 2 amide bonds. The summed E-state index contributed by atoms with van der Waals surface area (Å²) in [6, 6.07) is 10.5. The first kappa shape index (κ1) is 18.5. The first-order valence-electron chi connectivity index (χ1n) is 8.18. The van der Waals surface area contributed by atoms with E-state index < -0.39 is 11.8 Å². The van der Waals surface area contributed by atoms with Crippen LogP contribution in [0.5, 0.6) is 0 Å². The zero-order valence-electron chi connectivity index (χ0n) is 14.6. The van der Waals surface area contributed by atoms with Crippen molar-refractivity contribution in [2.75, 3.05) is 6.54 Å². The molecule has 7 heteroatoms. The summed E-state index contributed by atoms with van der Waals surface area (Å²) in [5.41, 5.74) is 1.54. The van der Waals surface area contributed by atoms with Gasteiger partial charge in [-0.3, -0.25) is 24.6 Å². The second kappa shape index (κ2) is 7.51. The molecule has 3 rings (SSSR count). The van der Waals surface area contributed by atoms with Crippen molar-refractivity contribution in [1.82, 2.24) is 14.8 Å². The van der Waals surface area contributed by atoms with Gasteiger partial charge in [0.25, 0.3) is 11.8 Å². The van der Waals surface area contributed by atoms with Gasteiger partial charge in [-0.2, -0.15) is 0 Å². The van der Waals surface area contributed by atoms with E-state index in [4.69, 9.17) is 12.2 Å². The predicted molar refractivity (Wildman–Crippen MR) is 106 cm³/mol. The number of nitrogens with one attached hydrogen (secondary N) is 1. The minimum atomic E-state index is -0.567. The second-order valence-corrected chi connectivity index (χ2v) is 6.37. The molecule has 0 bridgehead atoms. The molecule has 0 atom stereocenters. The number of hydrogen-bond donors (Lipinski definition) is 1. The molecule has 1 aliphatic rings. The Labute approximate surface area is 161 Å². The monoisotopic (exact) mass is 379 g/mol. The highest BCUT2D eigenvalue weighted by Crippen LogP contribution is 2.18. The van der Waals surface area contributed by atoms with Crippen LogP contribution in [-0.4, -0.2) is 38.7 Å². The molecular weight excluding hydrogens is 362 g/mol. The van der Waals surface area contributed by atoms with Crippen LogP contribution in [-0.2, 0) is 16.6 Å².